The largest absolute Gasteiger partial charge is 0.383 e. The fourth-order valence-electron chi connectivity index (χ4n) is 3.48. The topological polar surface area (TPSA) is 118 Å². The highest BCUT2D eigenvalue weighted by molar-refractivity contribution is 7.80. The maximum Gasteiger partial charge on any atom is 0.259 e. The van der Waals surface area contributed by atoms with Crippen LogP contribution in [0.15, 0.2) is 72.8 Å². The first-order chi connectivity index (χ1) is 16.4. The lowest BCUT2D eigenvalue weighted by Crippen LogP contribution is -2.22. The van der Waals surface area contributed by atoms with E-state index in [1.165, 1.54) is 0 Å². The Labute approximate surface area is 202 Å². The van der Waals surface area contributed by atoms with Crippen molar-refractivity contribution in [1.29, 1.82) is 0 Å². The molecule has 0 radical (unpaired) electrons. The van der Waals surface area contributed by atoms with Crippen LogP contribution in [0.2, 0.25) is 0 Å². The fraction of sp³-hybridized carbons (Fsp3) is 0.0800. The highest BCUT2D eigenvalue weighted by atomic mass is 32.1. The molecule has 4 rings (SSSR count). The number of anilines is 4. The van der Waals surface area contributed by atoms with Crippen molar-refractivity contribution < 1.29 is 4.79 Å². The van der Waals surface area contributed by atoms with Crippen LogP contribution in [0.4, 0.5) is 23.0 Å². The van der Waals surface area contributed by atoms with E-state index in [-0.39, 0.29) is 11.7 Å². The second-order valence-electron chi connectivity index (χ2n) is 7.59. The number of nitrogen functional groups attached to an aromatic ring is 1. The number of amides is 1. The van der Waals surface area contributed by atoms with Gasteiger partial charge >= 0.3 is 0 Å². The van der Waals surface area contributed by atoms with Gasteiger partial charge in [0.2, 0.25) is 0 Å². The molecule has 34 heavy (non-hydrogen) atoms. The molecule has 0 aliphatic carbocycles. The summed E-state index contributed by atoms with van der Waals surface area (Å²) in [6, 6.07) is 22.5. The van der Waals surface area contributed by atoms with Crippen LogP contribution >= 0.6 is 12.2 Å². The van der Waals surface area contributed by atoms with Gasteiger partial charge in [0.05, 0.1) is 22.6 Å². The SMILES string of the molecule is Cc1cc(C)c(C(=O)Nc2ccccc2NC(=S)Nc2ccc(-c3ccccc3)nn2)c(N)n1. The van der Waals surface area contributed by atoms with Crippen LogP contribution in [0.1, 0.15) is 21.6 Å². The van der Waals surface area contributed by atoms with Gasteiger partial charge in [-0.05, 0) is 62.0 Å². The minimum Gasteiger partial charge on any atom is -0.383 e. The van der Waals surface area contributed by atoms with Crippen LogP contribution in [0.3, 0.4) is 0 Å². The van der Waals surface area contributed by atoms with Crippen molar-refractivity contribution in [3.05, 3.63) is 89.6 Å². The van der Waals surface area contributed by atoms with Crippen molar-refractivity contribution in [2.45, 2.75) is 13.8 Å². The molecule has 2 aromatic heterocycles. The number of nitrogens with one attached hydrogen (secondary N) is 3. The maximum absolute atomic E-state index is 12.9. The molecule has 170 valence electrons. The molecule has 0 spiro atoms. The van der Waals surface area contributed by atoms with E-state index < -0.39 is 0 Å². The van der Waals surface area contributed by atoms with Gasteiger partial charge in [-0.2, -0.15) is 0 Å². The minimum atomic E-state index is -0.349. The predicted molar refractivity (Wildman–Crippen MR) is 140 cm³/mol. The summed E-state index contributed by atoms with van der Waals surface area (Å²) in [5, 5.41) is 17.7. The smallest absolute Gasteiger partial charge is 0.259 e. The highest BCUT2D eigenvalue weighted by Gasteiger charge is 2.16. The number of aromatic nitrogens is 3. The average Bonchev–Trinajstić information content (AvgIpc) is 2.81. The number of thiocarbonyl (C=S) groups is 1. The molecule has 2 aromatic carbocycles. The third-order valence-corrected chi connectivity index (χ3v) is 5.20. The molecule has 8 nitrogen and oxygen atoms in total. The molecular weight excluding hydrogens is 446 g/mol. The number of hydrogen-bond acceptors (Lipinski definition) is 6. The van der Waals surface area contributed by atoms with E-state index in [9.17, 15) is 4.79 Å². The second-order valence-corrected chi connectivity index (χ2v) is 8.00. The van der Waals surface area contributed by atoms with Crippen molar-refractivity contribution in [1.82, 2.24) is 15.2 Å². The van der Waals surface area contributed by atoms with Crippen LogP contribution in [0, 0.1) is 13.8 Å². The molecule has 9 heteroatoms. The summed E-state index contributed by atoms with van der Waals surface area (Å²) >= 11 is 5.43. The lowest BCUT2D eigenvalue weighted by atomic mass is 10.1. The van der Waals surface area contributed by atoms with Gasteiger partial charge in [0.1, 0.15) is 5.82 Å². The number of carbonyl (C=O) groups excluding carboxylic acids is 1. The summed E-state index contributed by atoms with van der Waals surface area (Å²) in [5.41, 5.74) is 10.7. The molecule has 0 unspecified atom stereocenters. The number of aryl methyl sites for hydroxylation is 2. The molecule has 1 amide bonds. The van der Waals surface area contributed by atoms with Crippen molar-refractivity contribution in [2.24, 2.45) is 0 Å². The number of hydrogen-bond donors (Lipinski definition) is 4. The third kappa shape index (κ3) is 5.33. The molecule has 4 aromatic rings. The minimum absolute atomic E-state index is 0.190. The number of nitrogens with zero attached hydrogens (tertiary/aromatic N) is 3. The van der Waals surface area contributed by atoms with Crippen molar-refractivity contribution in [3.63, 3.8) is 0 Å². The van der Waals surface area contributed by atoms with Crippen LogP contribution in [0.25, 0.3) is 11.3 Å². The second kappa shape index (κ2) is 10.1. The van der Waals surface area contributed by atoms with Gasteiger partial charge in [-0.3, -0.25) is 4.79 Å². The highest BCUT2D eigenvalue weighted by Crippen LogP contribution is 2.24. The van der Waals surface area contributed by atoms with E-state index in [1.54, 1.807) is 18.2 Å². The van der Waals surface area contributed by atoms with Crippen molar-refractivity contribution >= 4 is 46.2 Å². The Hall–Kier alpha value is -4.37. The van der Waals surface area contributed by atoms with E-state index in [4.69, 9.17) is 18.0 Å². The summed E-state index contributed by atoms with van der Waals surface area (Å²) in [6.45, 7) is 3.66. The molecule has 2 heterocycles. The van der Waals surface area contributed by atoms with E-state index in [0.29, 0.717) is 27.9 Å². The first-order valence-corrected chi connectivity index (χ1v) is 10.9. The molecule has 5 N–H and O–H groups in total. The van der Waals surface area contributed by atoms with Gasteiger partial charge in [0.25, 0.3) is 5.91 Å². The van der Waals surface area contributed by atoms with E-state index in [2.05, 4.69) is 31.1 Å². The zero-order valence-electron chi connectivity index (χ0n) is 18.7. The average molecular weight is 470 g/mol. The number of nitrogens with two attached hydrogens (primary N) is 1. The van der Waals surface area contributed by atoms with Crippen molar-refractivity contribution in [3.8, 4) is 11.3 Å². The van der Waals surface area contributed by atoms with Gasteiger partial charge < -0.3 is 21.7 Å². The van der Waals surface area contributed by atoms with E-state index in [1.807, 2.05) is 68.4 Å². The standard InChI is InChI=1S/C25H23N7OS/c1-15-14-16(2)27-23(26)22(15)24(33)28-19-10-6-7-11-20(19)29-25(34)30-21-13-12-18(31-32-21)17-8-4-3-5-9-17/h3-14H,1-2H3,(H2,26,27)(H,28,33)(H2,29,30,32,34). The molecule has 0 fully saturated rings. The van der Waals surface area contributed by atoms with Gasteiger partial charge in [-0.1, -0.05) is 42.5 Å². The molecule has 0 bridgehead atoms. The Morgan fingerprint density at radius 2 is 1.53 bits per heavy atom. The van der Waals surface area contributed by atoms with Crippen LogP contribution in [-0.4, -0.2) is 26.2 Å². The molecule has 0 atom stereocenters. The summed E-state index contributed by atoms with van der Waals surface area (Å²) in [7, 11) is 0. The zero-order chi connectivity index (χ0) is 24.1. The Bertz CT molecular complexity index is 1320. The lowest BCUT2D eigenvalue weighted by Gasteiger charge is -2.15. The molecule has 0 saturated heterocycles. The number of para-hydroxylation sites is 2. The van der Waals surface area contributed by atoms with Gasteiger partial charge in [0, 0.05) is 11.3 Å². The Kier molecular flexibility index (Phi) is 6.74. The Morgan fingerprint density at radius 1 is 0.853 bits per heavy atom. The zero-order valence-corrected chi connectivity index (χ0v) is 19.5. The Balaban J connectivity index is 1.45. The van der Waals surface area contributed by atoms with E-state index in [0.717, 1.165) is 22.5 Å². The summed E-state index contributed by atoms with van der Waals surface area (Å²) in [6.07, 6.45) is 0. The number of rotatable bonds is 5. The normalized spacial score (nSPS) is 10.4. The number of benzene rings is 2. The molecule has 0 aliphatic heterocycles. The maximum atomic E-state index is 12.9. The van der Waals surface area contributed by atoms with Gasteiger partial charge in [0.15, 0.2) is 10.9 Å². The van der Waals surface area contributed by atoms with Crippen LogP contribution in [0.5, 0.6) is 0 Å². The first kappa shape index (κ1) is 22.8. The first-order valence-electron chi connectivity index (χ1n) is 10.5. The summed E-state index contributed by atoms with van der Waals surface area (Å²) in [5.74, 6) is 0.334. The van der Waals surface area contributed by atoms with Gasteiger partial charge in [-0.25, -0.2) is 4.98 Å². The fourth-order valence-corrected chi connectivity index (χ4v) is 3.69. The monoisotopic (exact) mass is 469 g/mol. The Morgan fingerprint density at radius 3 is 2.18 bits per heavy atom. The quantitative estimate of drug-likeness (QED) is 0.308. The number of carbonyl (C=O) groups is 1. The summed E-state index contributed by atoms with van der Waals surface area (Å²) in [4.78, 5) is 17.1. The van der Waals surface area contributed by atoms with Crippen LogP contribution in [-0.2, 0) is 0 Å². The molecular formula is C25H23N7OS. The molecule has 0 saturated carbocycles. The third-order valence-electron chi connectivity index (χ3n) is 5.00. The number of pyridine rings is 1. The lowest BCUT2D eigenvalue weighted by molar-refractivity contribution is 0.102. The van der Waals surface area contributed by atoms with Crippen LogP contribution < -0.4 is 21.7 Å². The predicted octanol–water partition coefficient (Wildman–Crippen LogP) is 4.80. The van der Waals surface area contributed by atoms with Crippen molar-refractivity contribution in [2.75, 3.05) is 21.7 Å². The van der Waals surface area contributed by atoms with E-state index >= 15 is 0 Å². The molecule has 0 aliphatic rings. The summed E-state index contributed by atoms with van der Waals surface area (Å²) < 4.78 is 0. The van der Waals surface area contributed by atoms with Gasteiger partial charge in [-0.15, -0.1) is 10.2 Å².